The molecule has 0 aliphatic carbocycles. The summed E-state index contributed by atoms with van der Waals surface area (Å²) in [7, 11) is -1.86. The van der Waals surface area contributed by atoms with Crippen LogP contribution in [0.1, 0.15) is 12.7 Å². The molecule has 2 aromatic heterocycles. The van der Waals surface area contributed by atoms with Gasteiger partial charge in [0.2, 0.25) is 10.0 Å². The molecule has 9 heteroatoms. The van der Waals surface area contributed by atoms with Gasteiger partial charge in [-0.25, -0.2) is 18.1 Å². The SMILES string of the molecule is CCNc1cc(S(=O)(=O)NCc2nncn2C)ccn1. The Bertz CT molecular complexity index is 682. The number of aromatic nitrogens is 4. The minimum absolute atomic E-state index is 0.0810. The third kappa shape index (κ3) is 3.31. The Morgan fingerprint density at radius 3 is 2.85 bits per heavy atom. The topological polar surface area (TPSA) is 102 Å². The second-order valence-electron chi connectivity index (χ2n) is 4.09. The number of hydrogen-bond donors (Lipinski definition) is 2. The number of sulfonamides is 1. The molecule has 0 radical (unpaired) electrons. The Morgan fingerprint density at radius 2 is 2.20 bits per heavy atom. The summed E-state index contributed by atoms with van der Waals surface area (Å²) in [6.45, 7) is 2.66. The van der Waals surface area contributed by atoms with Crippen molar-refractivity contribution >= 4 is 15.8 Å². The Hall–Kier alpha value is -2.00. The molecule has 0 fully saturated rings. The van der Waals surface area contributed by atoms with E-state index in [9.17, 15) is 8.42 Å². The normalized spacial score (nSPS) is 11.5. The van der Waals surface area contributed by atoms with Crippen molar-refractivity contribution in [2.75, 3.05) is 11.9 Å². The van der Waals surface area contributed by atoms with Crippen molar-refractivity contribution in [1.29, 1.82) is 0 Å². The van der Waals surface area contributed by atoms with Crippen LogP contribution in [0.5, 0.6) is 0 Å². The van der Waals surface area contributed by atoms with E-state index in [0.29, 0.717) is 18.2 Å². The van der Waals surface area contributed by atoms with Gasteiger partial charge in [0.25, 0.3) is 0 Å². The van der Waals surface area contributed by atoms with Gasteiger partial charge in [-0.15, -0.1) is 10.2 Å². The molecule has 20 heavy (non-hydrogen) atoms. The van der Waals surface area contributed by atoms with E-state index in [-0.39, 0.29) is 11.4 Å². The molecule has 0 unspecified atom stereocenters. The number of hydrogen-bond acceptors (Lipinski definition) is 6. The molecule has 0 saturated carbocycles. The number of anilines is 1. The number of nitrogens with one attached hydrogen (secondary N) is 2. The maximum absolute atomic E-state index is 12.2. The number of pyridine rings is 1. The average molecular weight is 296 g/mol. The summed E-state index contributed by atoms with van der Waals surface area (Å²) in [5.41, 5.74) is 0. The van der Waals surface area contributed by atoms with Crippen LogP contribution in [0.4, 0.5) is 5.82 Å². The van der Waals surface area contributed by atoms with E-state index in [4.69, 9.17) is 0 Å². The maximum atomic E-state index is 12.2. The fraction of sp³-hybridized carbons (Fsp3) is 0.364. The minimum atomic E-state index is -3.61. The Labute approximate surface area is 117 Å². The lowest BCUT2D eigenvalue weighted by Gasteiger charge is -2.08. The van der Waals surface area contributed by atoms with E-state index < -0.39 is 10.0 Å². The van der Waals surface area contributed by atoms with E-state index in [1.807, 2.05) is 6.92 Å². The molecule has 0 amide bonds. The van der Waals surface area contributed by atoms with Gasteiger partial charge in [0.1, 0.15) is 18.0 Å². The van der Waals surface area contributed by atoms with E-state index in [1.54, 1.807) is 11.6 Å². The van der Waals surface area contributed by atoms with Crippen molar-refractivity contribution in [3.05, 3.63) is 30.5 Å². The zero-order valence-corrected chi connectivity index (χ0v) is 12.1. The highest BCUT2D eigenvalue weighted by molar-refractivity contribution is 7.89. The Balaban J connectivity index is 2.14. The first-order valence-corrected chi connectivity index (χ1v) is 7.53. The zero-order valence-electron chi connectivity index (χ0n) is 11.2. The minimum Gasteiger partial charge on any atom is -0.370 e. The molecule has 0 aliphatic heterocycles. The Morgan fingerprint density at radius 1 is 1.40 bits per heavy atom. The molecule has 2 N–H and O–H groups in total. The monoisotopic (exact) mass is 296 g/mol. The first-order chi connectivity index (χ1) is 9.53. The molecule has 0 aliphatic rings. The predicted molar refractivity (Wildman–Crippen MR) is 73.4 cm³/mol. The Kier molecular flexibility index (Phi) is 4.30. The zero-order chi connectivity index (χ0) is 14.6. The van der Waals surface area contributed by atoms with Crippen molar-refractivity contribution in [2.24, 2.45) is 7.05 Å². The van der Waals surface area contributed by atoms with Gasteiger partial charge in [0.05, 0.1) is 11.4 Å². The summed E-state index contributed by atoms with van der Waals surface area (Å²) in [4.78, 5) is 4.19. The van der Waals surface area contributed by atoms with Crippen LogP contribution in [-0.2, 0) is 23.6 Å². The summed E-state index contributed by atoms with van der Waals surface area (Å²) in [5.74, 6) is 1.06. The highest BCUT2D eigenvalue weighted by Gasteiger charge is 2.15. The molecular weight excluding hydrogens is 280 g/mol. The summed E-state index contributed by atoms with van der Waals surface area (Å²) >= 11 is 0. The molecular formula is C11H16N6O2S. The van der Waals surface area contributed by atoms with Crippen LogP contribution in [0.15, 0.2) is 29.6 Å². The molecule has 2 aromatic rings. The summed E-state index contributed by atoms with van der Waals surface area (Å²) in [6, 6.07) is 2.93. The van der Waals surface area contributed by atoms with Crippen LogP contribution in [0.2, 0.25) is 0 Å². The van der Waals surface area contributed by atoms with Crippen LogP contribution in [0, 0.1) is 0 Å². The summed E-state index contributed by atoms with van der Waals surface area (Å²) < 4.78 is 28.5. The quantitative estimate of drug-likeness (QED) is 0.785. The average Bonchev–Trinajstić information content (AvgIpc) is 2.83. The molecule has 108 valence electrons. The van der Waals surface area contributed by atoms with Crippen LogP contribution < -0.4 is 10.0 Å². The molecule has 0 atom stereocenters. The lowest BCUT2D eigenvalue weighted by molar-refractivity contribution is 0.577. The van der Waals surface area contributed by atoms with Crippen molar-refractivity contribution in [3.8, 4) is 0 Å². The lowest BCUT2D eigenvalue weighted by atomic mass is 10.4. The fourth-order valence-electron chi connectivity index (χ4n) is 1.57. The highest BCUT2D eigenvalue weighted by atomic mass is 32.2. The second-order valence-corrected chi connectivity index (χ2v) is 5.86. The fourth-order valence-corrected chi connectivity index (χ4v) is 2.56. The first-order valence-electron chi connectivity index (χ1n) is 6.05. The summed E-state index contributed by atoms with van der Waals surface area (Å²) in [5, 5.41) is 10.5. The highest BCUT2D eigenvalue weighted by Crippen LogP contribution is 2.12. The molecule has 0 bridgehead atoms. The molecule has 8 nitrogen and oxygen atoms in total. The molecule has 0 spiro atoms. The van der Waals surface area contributed by atoms with Gasteiger partial charge in [0.15, 0.2) is 0 Å². The van der Waals surface area contributed by atoms with Crippen molar-refractivity contribution in [2.45, 2.75) is 18.4 Å². The van der Waals surface area contributed by atoms with Crippen molar-refractivity contribution in [1.82, 2.24) is 24.5 Å². The van der Waals surface area contributed by atoms with Crippen molar-refractivity contribution < 1.29 is 8.42 Å². The van der Waals surface area contributed by atoms with Crippen LogP contribution >= 0.6 is 0 Å². The number of aryl methyl sites for hydroxylation is 1. The van der Waals surface area contributed by atoms with Gasteiger partial charge in [-0.3, -0.25) is 0 Å². The predicted octanol–water partition coefficient (Wildman–Crippen LogP) is 0.120. The van der Waals surface area contributed by atoms with Crippen LogP contribution in [0.25, 0.3) is 0 Å². The standard InChI is InChI=1S/C11H16N6O2S/c1-3-12-10-6-9(4-5-13-10)20(18,19)15-7-11-16-14-8-17(11)2/h4-6,8,15H,3,7H2,1-2H3,(H,12,13). The van der Waals surface area contributed by atoms with Gasteiger partial charge in [-0.05, 0) is 13.0 Å². The van der Waals surface area contributed by atoms with Gasteiger partial charge >= 0.3 is 0 Å². The third-order valence-corrected chi connectivity index (χ3v) is 4.02. The van der Waals surface area contributed by atoms with Crippen LogP contribution in [-0.4, -0.2) is 34.7 Å². The third-order valence-electron chi connectivity index (χ3n) is 2.63. The number of rotatable bonds is 6. The van der Waals surface area contributed by atoms with Crippen molar-refractivity contribution in [3.63, 3.8) is 0 Å². The molecule has 2 rings (SSSR count). The molecule has 0 aromatic carbocycles. The van der Waals surface area contributed by atoms with Gasteiger partial charge in [0, 0.05) is 25.9 Å². The van der Waals surface area contributed by atoms with Gasteiger partial charge in [-0.1, -0.05) is 0 Å². The number of nitrogens with zero attached hydrogens (tertiary/aromatic N) is 4. The maximum Gasteiger partial charge on any atom is 0.241 e. The molecule has 0 saturated heterocycles. The largest absolute Gasteiger partial charge is 0.370 e. The van der Waals surface area contributed by atoms with E-state index in [0.717, 1.165) is 0 Å². The van der Waals surface area contributed by atoms with Gasteiger partial charge < -0.3 is 9.88 Å². The first kappa shape index (κ1) is 14.4. The second kappa shape index (κ2) is 5.97. The summed E-state index contributed by atoms with van der Waals surface area (Å²) in [6.07, 6.45) is 2.97. The van der Waals surface area contributed by atoms with E-state index in [2.05, 4.69) is 25.2 Å². The molecule has 2 heterocycles. The van der Waals surface area contributed by atoms with E-state index in [1.165, 1.54) is 24.7 Å². The van der Waals surface area contributed by atoms with Crippen LogP contribution in [0.3, 0.4) is 0 Å². The lowest BCUT2D eigenvalue weighted by Crippen LogP contribution is -2.25. The smallest absolute Gasteiger partial charge is 0.241 e. The van der Waals surface area contributed by atoms with Gasteiger partial charge in [-0.2, -0.15) is 0 Å². The van der Waals surface area contributed by atoms with E-state index >= 15 is 0 Å².